The summed E-state index contributed by atoms with van der Waals surface area (Å²) in [5.74, 6) is 0.0517. The Balaban J connectivity index is 1.75. The summed E-state index contributed by atoms with van der Waals surface area (Å²) >= 11 is 3.39. The lowest BCUT2D eigenvalue weighted by Gasteiger charge is -2.27. The van der Waals surface area contributed by atoms with Crippen LogP contribution in [0.25, 0.3) is 11.0 Å². The van der Waals surface area contributed by atoms with Gasteiger partial charge in [-0.15, -0.1) is 0 Å². The Hall–Kier alpha value is -2.09. The van der Waals surface area contributed by atoms with Gasteiger partial charge >= 0.3 is 6.09 Å². The highest BCUT2D eigenvalue weighted by Gasteiger charge is 2.37. The van der Waals surface area contributed by atoms with Crippen LogP contribution in [0, 0.1) is 0 Å². The number of likely N-dealkylation sites (tertiary alicyclic amines) is 1. The van der Waals surface area contributed by atoms with Crippen molar-refractivity contribution in [3.63, 3.8) is 0 Å². The van der Waals surface area contributed by atoms with Crippen LogP contribution in [0.2, 0.25) is 0 Å². The molecule has 0 bridgehead atoms. The van der Waals surface area contributed by atoms with E-state index in [-0.39, 0.29) is 5.91 Å². The standard InChI is InChI=1S/C17H20BrN3O4/c1-17(2,3)24-16(23)21-8-4-5-12(21)15(22)19-14-11-9-10(18)6-7-13(11)25-20-14/h6-7,9,12H,4-5,8H2,1-3H3,(H,19,20,22)/t12-/m0/s1. The zero-order valence-corrected chi connectivity index (χ0v) is 15.9. The fraction of sp³-hybridized carbons (Fsp3) is 0.471. The topological polar surface area (TPSA) is 84.7 Å². The van der Waals surface area contributed by atoms with Crippen LogP contribution in [0.15, 0.2) is 27.2 Å². The number of amides is 2. The summed E-state index contributed by atoms with van der Waals surface area (Å²) in [6.07, 6.45) is 0.866. The molecule has 0 aliphatic carbocycles. The Kier molecular flexibility index (Phi) is 4.73. The molecule has 0 unspecified atom stereocenters. The van der Waals surface area contributed by atoms with E-state index in [4.69, 9.17) is 9.26 Å². The molecule has 2 aromatic rings. The highest BCUT2D eigenvalue weighted by Crippen LogP contribution is 2.27. The third-order valence-electron chi connectivity index (χ3n) is 3.86. The zero-order valence-electron chi connectivity index (χ0n) is 14.3. The van der Waals surface area contributed by atoms with Gasteiger partial charge < -0.3 is 14.6 Å². The number of fused-ring (bicyclic) bond motifs is 1. The molecule has 1 aliphatic heterocycles. The monoisotopic (exact) mass is 409 g/mol. The molecule has 2 heterocycles. The lowest BCUT2D eigenvalue weighted by molar-refractivity contribution is -0.120. The van der Waals surface area contributed by atoms with Gasteiger partial charge in [-0.25, -0.2) is 4.79 Å². The second-order valence-electron chi connectivity index (χ2n) is 6.99. The highest BCUT2D eigenvalue weighted by molar-refractivity contribution is 9.10. The van der Waals surface area contributed by atoms with Crippen molar-refractivity contribution in [3.8, 4) is 0 Å². The Bertz CT molecular complexity index is 812. The summed E-state index contributed by atoms with van der Waals surface area (Å²) in [5.41, 5.74) is -0.0242. The van der Waals surface area contributed by atoms with Gasteiger partial charge in [0.2, 0.25) is 5.91 Å². The fourth-order valence-electron chi connectivity index (χ4n) is 2.78. The molecule has 1 atom stereocenters. The number of anilines is 1. The average Bonchev–Trinajstić information content (AvgIpc) is 3.13. The number of hydrogen-bond acceptors (Lipinski definition) is 5. The number of rotatable bonds is 2. The third-order valence-corrected chi connectivity index (χ3v) is 4.35. The quantitative estimate of drug-likeness (QED) is 0.811. The second kappa shape index (κ2) is 6.67. The SMILES string of the molecule is CC(C)(C)OC(=O)N1CCC[C@H]1C(=O)Nc1noc2ccc(Br)cc12. The van der Waals surface area contributed by atoms with Crippen molar-refractivity contribution in [2.75, 3.05) is 11.9 Å². The highest BCUT2D eigenvalue weighted by atomic mass is 79.9. The summed E-state index contributed by atoms with van der Waals surface area (Å²) in [7, 11) is 0. The largest absolute Gasteiger partial charge is 0.444 e. The molecule has 25 heavy (non-hydrogen) atoms. The Morgan fingerprint density at radius 1 is 1.40 bits per heavy atom. The number of halogens is 1. The van der Waals surface area contributed by atoms with Gasteiger partial charge in [-0.3, -0.25) is 9.69 Å². The van der Waals surface area contributed by atoms with Gasteiger partial charge in [0.05, 0.1) is 5.39 Å². The van der Waals surface area contributed by atoms with Gasteiger partial charge in [-0.1, -0.05) is 21.1 Å². The van der Waals surface area contributed by atoms with Crippen LogP contribution < -0.4 is 5.32 Å². The number of nitrogens with one attached hydrogen (secondary N) is 1. The Morgan fingerprint density at radius 2 is 2.16 bits per heavy atom. The van der Waals surface area contributed by atoms with Crippen LogP contribution in [0.3, 0.4) is 0 Å². The van der Waals surface area contributed by atoms with E-state index >= 15 is 0 Å². The maximum Gasteiger partial charge on any atom is 0.410 e. The Morgan fingerprint density at radius 3 is 2.88 bits per heavy atom. The van der Waals surface area contributed by atoms with Crippen LogP contribution in [0.1, 0.15) is 33.6 Å². The zero-order chi connectivity index (χ0) is 18.2. The van der Waals surface area contributed by atoms with Crippen molar-refractivity contribution in [1.82, 2.24) is 10.1 Å². The minimum absolute atomic E-state index is 0.293. The van der Waals surface area contributed by atoms with Crippen molar-refractivity contribution in [1.29, 1.82) is 0 Å². The van der Waals surface area contributed by atoms with E-state index in [1.165, 1.54) is 4.90 Å². The van der Waals surface area contributed by atoms with E-state index in [0.29, 0.717) is 29.8 Å². The lowest BCUT2D eigenvalue weighted by atomic mass is 10.2. The smallest absolute Gasteiger partial charge is 0.410 e. The maximum atomic E-state index is 12.7. The first-order valence-electron chi connectivity index (χ1n) is 8.10. The normalized spacial score (nSPS) is 17.8. The second-order valence-corrected chi connectivity index (χ2v) is 7.91. The van der Waals surface area contributed by atoms with E-state index in [1.807, 2.05) is 12.1 Å². The van der Waals surface area contributed by atoms with Gasteiger partial charge in [0.15, 0.2) is 11.4 Å². The molecule has 1 aliphatic rings. The molecule has 1 fully saturated rings. The fourth-order valence-corrected chi connectivity index (χ4v) is 3.14. The van der Waals surface area contributed by atoms with E-state index in [1.54, 1.807) is 26.8 Å². The summed E-state index contributed by atoms with van der Waals surface area (Å²) in [6, 6.07) is 4.85. The molecule has 134 valence electrons. The number of aromatic nitrogens is 1. The van der Waals surface area contributed by atoms with Crippen LogP contribution >= 0.6 is 15.9 Å². The molecule has 2 amide bonds. The summed E-state index contributed by atoms with van der Waals surface area (Å²) in [6.45, 7) is 5.90. The van der Waals surface area contributed by atoms with Crippen molar-refractivity contribution >= 4 is 44.7 Å². The first-order chi connectivity index (χ1) is 11.7. The maximum absolute atomic E-state index is 12.7. The molecular weight excluding hydrogens is 390 g/mol. The number of nitrogens with zero attached hydrogens (tertiary/aromatic N) is 2. The van der Waals surface area contributed by atoms with Gasteiger partial charge in [0, 0.05) is 11.0 Å². The molecule has 8 heteroatoms. The first-order valence-corrected chi connectivity index (χ1v) is 8.89. The molecule has 1 aromatic carbocycles. The van der Waals surface area contributed by atoms with E-state index in [0.717, 1.165) is 10.9 Å². The molecule has 1 aromatic heterocycles. The predicted octanol–water partition coefficient (Wildman–Crippen LogP) is 3.93. The van der Waals surface area contributed by atoms with Gasteiger partial charge in [-0.2, -0.15) is 0 Å². The third kappa shape index (κ3) is 3.95. The lowest BCUT2D eigenvalue weighted by Crippen LogP contribution is -2.45. The number of carbonyl (C=O) groups is 2. The average molecular weight is 410 g/mol. The van der Waals surface area contributed by atoms with Crippen LogP contribution in [0.5, 0.6) is 0 Å². The van der Waals surface area contributed by atoms with E-state index < -0.39 is 17.7 Å². The minimum atomic E-state index is -0.602. The molecule has 0 saturated carbocycles. The minimum Gasteiger partial charge on any atom is -0.444 e. The first kappa shape index (κ1) is 17.7. The van der Waals surface area contributed by atoms with Crippen molar-refractivity contribution in [2.45, 2.75) is 45.3 Å². The van der Waals surface area contributed by atoms with Crippen LogP contribution in [-0.2, 0) is 9.53 Å². The Labute approximate surface area is 153 Å². The van der Waals surface area contributed by atoms with Crippen molar-refractivity contribution in [2.24, 2.45) is 0 Å². The van der Waals surface area contributed by atoms with Gasteiger partial charge in [0.25, 0.3) is 0 Å². The number of carbonyl (C=O) groups excluding carboxylic acids is 2. The van der Waals surface area contributed by atoms with Crippen molar-refractivity contribution in [3.05, 3.63) is 22.7 Å². The molecule has 0 radical (unpaired) electrons. The number of hydrogen-bond donors (Lipinski definition) is 1. The molecule has 1 N–H and O–H groups in total. The van der Waals surface area contributed by atoms with Crippen LogP contribution in [-0.4, -0.2) is 40.2 Å². The summed E-state index contributed by atoms with van der Waals surface area (Å²) in [5, 5.41) is 7.38. The predicted molar refractivity (Wildman–Crippen MR) is 96.3 cm³/mol. The molecule has 7 nitrogen and oxygen atoms in total. The molecule has 3 rings (SSSR count). The molecule has 0 spiro atoms. The van der Waals surface area contributed by atoms with Crippen molar-refractivity contribution < 1.29 is 18.8 Å². The number of benzene rings is 1. The van der Waals surface area contributed by atoms with E-state index in [2.05, 4.69) is 26.4 Å². The molecule has 1 saturated heterocycles. The number of ether oxygens (including phenoxy) is 1. The summed E-state index contributed by atoms with van der Waals surface area (Å²) < 4.78 is 11.5. The van der Waals surface area contributed by atoms with Gasteiger partial charge in [-0.05, 0) is 51.8 Å². The summed E-state index contributed by atoms with van der Waals surface area (Å²) in [4.78, 5) is 26.5. The van der Waals surface area contributed by atoms with Gasteiger partial charge in [0.1, 0.15) is 11.6 Å². The van der Waals surface area contributed by atoms with E-state index in [9.17, 15) is 9.59 Å². The molecular formula is C17H20BrN3O4. The van der Waals surface area contributed by atoms with Crippen LogP contribution in [0.4, 0.5) is 10.6 Å².